The predicted octanol–water partition coefficient (Wildman–Crippen LogP) is 3.06. The van der Waals surface area contributed by atoms with Crippen molar-refractivity contribution in [3.63, 3.8) is 0 Å². The summed E-state index contributed by atoms with van der Waals surface area (Å²) in [6.45, 7) is 3.58. The van der Waals surface area contributed by atoms with Gasteiger partial charge in [0.2, 0.25) is 21.8 Å². The fraction of sp³-hybridized carbons (Fsp3) is 0.391. The van der Waals surface area contributed by atoms with Gasteiger partial charge in [-0.15, -0.1) is 0 Å². The zero-order valence-electron chi connectivity index (χ0n) is 18.9. The molecule has 7 nitrogen and oxygen atoms in total. The summed E-state index contributed by atoms with van der Waals surface area (Å²) in [4.78, 5) is 26.7. The second-order valence-electron chi connectivity index (χ2n) is 7.60. The molecule has 0 aliphatic heterocycles. The Hall–Kier alpha value is -3.01. The van der Waals surface area contributed by atoms with Crippen LogP contribution in [-0.4, -0.2) is 50.5 Å². The van der Waals surface area contributed by atoms with E-state index in [4.69, 9.17) is 0 Å². The Morgan fingerprint density at radius 3 is 2.27 bits per heavy atom. The van der Waals surface area contributed by atoms with Crippen LogP contribution in [0.2, 0.25) is 0 Å². The van der Waals surface area contributed by atoms with E-state index in [1.54, 1.807) is 26.0 Å². The Balaban J connectivity index is 2.15. The highest BCUT2D eigenvalue weighted by molar-refractivity contribution is 7.92. The molecule has 0 saturated carbocycles. The molecule has 2 rings (SSSR count). The molecule has 1 N–H and O–H groups in total. The maximum atomic E-state index is 14.2. The Morgan fingerprint density at radius 2 is 1.70 bits per heavy atom. The molecule has 0 radical (unpaired) electrons. The molecule has 33 heavy (non-hydrogen) atoms. The third kappa shape index (κ3) is 7.52. The standard InChI is InChI=1S/C23H29F2N3O4S/c1-4-26-23(30)17(2)27(16-18-8-5-6-9-21(18)25)22(29)10-7-15-28(33(3,31)32)20-13-11-19(24)12-14-20/h5-6,8-9,11-14,17H,4,7,10,15-16H2,1-3H3,(H,26,30)/t17-/m0/s1. The van der Waals surface area contributed by atoms with Crippen molar-refractivity contribution in [1.29, 1.82) is 0 Å². The molecule has 0 saturated heterocycles. The molecule has 2 amide bonds. The van der Waals surface area contributed by atoms with Crippen molar-refractivity contribution in [2.24, 2.45) is 0 Å². The quantitative estimate of drug-likeness (QED) is 0.535. The highest BCUT2D eigenvalue weighted by Gasteiger charge is 2.27. The summed E-state index contributed by atoms with van der Waals surface area (Å²) in [6.07, 6.45) is 1.12. The highest BCUT2D eigenvalue weighted by Crippen LogP contribution is 2.20. The number of halogens is 2. The third-order valence-electron chi connectivity index (χ3n) is 5.08. The van der Waals surface area contributed by atoms with E-state index in [2.05, 4.69) is 5.32 Å². The molecular formula is C23H29F2N3O4S. The molecule has 2 aromatic carbocycles. The van der Waals surface area contributed by atoms with Gasteiger partial charge in [-0.25, -0.2) is 17.2 Å². The van der Waals surface area contributed by atoms with Crippen LogP contribution in [0.4, 0.5) is 14.5 Å². The van der Waals surface area contributed by atoms with Crippen LogP contribution in [0.5, 0.6) is 0 Å². The van der Waals surface area contributed by atoms with Crippen molar-refractivity contribution in [2.45, 2.75) is 39.3 Å². The number of carbonyl (C=O) groups excluding carboxylic acids is 2. The summed E-state index contributed by atoms with van der Waals surface area (Å²) in [5.74, 6) is -1.76. The van der Waals surface area contributed by atoms with Gasteiger partial charge in [0.05, 0.1) is 11.9 Å². The van der Waals surface area contributed by atoms with Crippen LogP contribution in [-0.2, 0) is 26.2 Å². The normalized spacial score (nSPS) is 12.2. The number of benzene rings is 2. The molecule has 180 valence electrons. The van der Waals surface area contributed by atoms with Crippen molar-refractivity contribution < 1.29 is 26.8 Å². The van der Waals surface area contributed by atoms with Gasteiger partial charge in [0, 0.05) is 31.6 Å². The average Bonchev–Trinajstić information content (AvgIpc) is 2.75. The number of nitrogens with zero attached hydrogens (tertiary/aromatic N) is 2. The number of anilines is 1. The van der Waals surface area contributed by atoms with E-state index in [-0.39, 0.29) is 43.1 Å². The second-order valence-corrected chi connectivity index (χ2v) is 9.51. The van der Waals surface area contributed by atoms with Crippen LogP contribution in [0.15, 0.2) is 48.5 Å². The number of hydrogen-bond donors (Lipinski definition) is 1. The van der Waals surface area contributed by atoms with Crippen molar-refractivity contribution >= 4 is 27.5 Å². The van der Waals surface area contributed by atoms with E-state index < -0.39 is 33.6 Å². The molecule has 10 heteroatoms. The van der Waals surface area contributed by atoms with Gasteiger partial charge >= 0.3 is 0 Å². The molecule has 0 aliphatic rings. The molecule has 0 bridgehead atoms. The Morgan fingerprint density at radius 1 is 1.06 bits per heavy atom. The number of likely N-dealkylation sites (N-methyl/N-ethyl adjacent to an activating group) is 1. The maximum Gasteiger partial charge on any atom is 0.242 e. The first-order chi connectivity index (χ1) is 15.5. The van der Waals surface area contributed by atoms with Gasteiger partial charge in [0.1, 0.15) is 17.7 Å². The summed E-state index contributed by atoms with van der Waals surface area (Å²) < 4.78 is 52.9. The van der Waals surface area contributed by atoms with Gasteiger partial charge in [-0.2, -0.15) is 0 Å². The Labute approximate surface area is 193 Å². The van der Waals surface area contributed by atoms with Gasteiger partial charge in [-0.3, -0.25) is 13.9 Å². The van der Waals surface area contributed by atoms with E-state index in [0.29, 0.717) is 6.54 Å². The second kappa shape index (κ2) is 11.7. The third-order valence-corrected chi connectivity index (χ3v) is 6.28. The van der Waals surface area contributed by atoms with Crippen molar-refractivity contribution in [1.82, 2.24) is 10.2 Å². The van der Waals surface area contributed by atoms with Crippen LogP contribution in [0.3, 0.4) is 0 Å². The first kappa shape index (κ1) is 26.2. The summed E-state index contributed by atoms with van der Waals surface area (Å²) in [7, 11) is -3.67. The van der Waals surface area contributed by atoms with E-state index >= 15 is 0 Å². The Kier molecular flexibility index (Phi) is 9.33. The summed E-state index contributed by atoms with van der Waals surface area (Å²) in [6, 6.07) is 10.2. The van der Waals surface area contributed by atoms with E-state index in [1.807, 2.05) is 0 Å². The number of sulfonamides is 1. The lowest BCUT2D eigenvalue weighted by atomic mass is 10.1. The first-order valence-electron chi connectivity index (χ1n) is 10.6. The smallest absolute Gasteiger partial charge is 0.242 e. The van der Waals surface area contributed by atoms with Gasteiger partial charge in [0.25, 0.3) is 0 Å². The molecule has 1 atom stereocenters. The zero-order chi connectivity index (χ0) is 24.6. The van der Waals surface area contributed by atoms with Crippen LogP contribution >= 0.6 is 0 Å². The lowest BCUT2D eigenvalue weighted by molar-refractivity contribution is -0.140. The van der Waals surface area contributed by atoms with E-state index in [1.165, 1.54) is 29.2 Å². The molecule has 2 aromatic rings. The lowest BCUT2D eigenvalue weighted by Gasteiger charge is -2.29. The fourth-order valence-corrected chi connectivity index (χ4v) is 4.29. The van der Waals surface area contributed by atoms with Crippen LogP contribution in [0.1, 0.15) is 32.3 Å². The SMILES string of the molecule is CCNC(=O)[C@H](C)N(Cc1ccccc1F)C(=O)CCCN(c1ccc(F)cc1)S(C)(=O)=O. The maximum absolute atomic E-state index is 14.2. The fourth-order valence-electron chi connectivity index (χ4n) is 3.33. The highest BCUT2D eigenvalue weighted by atomic mass is 32.2. The van der Waals surface area contributed by atoms with Crippen molar-refractivity contribution in [3.8, 4) is 0 Å². The minimum Gasteiger partial charge on any atom is -0.355 e. The van der Waals surface area contributed by atoms with Gasteiger partial charge < -0.3 is 10.2 Å². The minimum atomic E-state index is -3.67. The van der Waals surface area contributed by atoms with E-state index in [9.17, 15) is 26.8 Å². The molecule has 0 aromatic heterocycles. The predicted molar refractivity (Wildman–Crippen MR) is 123 cm³/mol. The monoisotopic (exact) mass is 481 g/mol. The van der Waals surface area contributed by atoms with Crippen molar-refractivity contribution in [3.05, 3.63) is 65.7 Å². The van der Waals surface area contributed by atoms with Gasteiger partial charge in [0.15, 0.2) is 0 Å². The van der Waals surface area contributed by atoms with Gasteiger partial charge in [-0.1, -0.05) is 18.2 Å². The summed E-state index contributed by atoms with van der Waals surface area (Å²) in [5.41, 5.74) is 0.552. The minimum absolute atomic E-state index is 0.0146. The molecule has 0 unspecified atom stereocenters. The van der Waals surface area contributed by atoms with E-state index in [0.717, 1.165) is 22.7 Å². The van der Waals surface area contributed by atoms with Crippen LogP contribution in [0.25, 0.3) is 0 Å². The molecule has 0 spiro atoms. The summed E-state index contributed by atoms with van der Waals surface area (Å²) >= 11 is 0. The molecule has 0 aliphatic carbocycles. The lowest BCUT2D eigenvalue weighted by Crippen LogP contribution is -2.47. The number of hydrogen-bond acceptors (Lipinski definition) is 4. The zero-order valence-corrected chi connectivity index (χ0v) is 19.7. The first-order valence-corrected chi connectivity index (χ1v) is 12.4. The average molecular weight is 482 g/mol. The number of nitrogens with one attached hydrogen (secondary N) is 1. The van der Waals surface area contributed by atoms with Crippen LogP contribution in [0, 0.1) is 11.6 Å². The largest absolute Gasteiger partial charge is 0.355 e. The number of amides is 2. The molecule has 0 heterocycles. The molecule has 0 fully saturated rings. The van der Waals surface area contributed by atoms with Crippen LogP contribution < -0.4 is 9.62 Å². The Bertz CT molecular complexity index is 1060. The van der Waals surface area contributed by atoms with Gasteiger partial charge in [-0.05, 0) is 50.6 Å². The summed E-state index contributed by atoms with van der Waals surface area (Å²) in [5, 5.41) is 2.66. The number of carbonyl (C=O) groups is 2. The van der Waals surface area contributed by atoms with Crippen molar-refractivity contribution in [2.75, 3.05) is 23.7 Å². The number of rotatable bonds is 11. The topological polar surface area (TPSA) is 86.8 Å². The molecular weight excluding hydrogens is 452 g/mol.